The second kappa shape index (κ2) is 10.4. The van der Waals surface area contributed by atoms with E-state index >= 15 is 0 Å². The Morgan fingerprint density at radius 3 is 2.38 bits per heavy atom. The molecule has 0 spiro atoms. The molecule has 2 aliphatic heterocycles. The van der Waals surface area contributed by atoms with Crippen LogP contribution < -0.4 is 10.1 Å². The second-order valence-corrected chi connectivity index (χ2v) is 8.89. The van der Waals surface area contributed by atoms with Gasteiger partial charge in [-0.25, -0.2) is 0 Å². The lowest BCUT2D eigenvalue weighted by Crippen LogP contribution is -2.46. The highest BCUT2D eigenvalue weighted by Gasteiger charge is 2.36. The van der Waals surface area contributed by atoms with Gasteiger partial charge in [-0.1, -0.05) is 25.5 Å². The molecule has 6 heteroatoms. The highest BCUT2D eigenvalue weighted by Crippen LogP contribution is 2.31. The van der Waals surface area contributed by atoms with Crippen LogP contribution in [0.1, 0.15) is 44.6 Å². The number of β-amino-alcohol motifs (C(OH)–C–C–N with tert-alkyl or cyclic N) is 1. The number of nitrogens with zero attached hydrogens (tertiary/aromatic N) is 2. The highest BCUT2D eigenvalue weighted by molar-refractivity contribution is 5.82. The Bertz CT molecular complexity index is 635. The normalized spacial score (nSPS) is 21.5. The molecular weight excluding hydrogens is 366 g/mol. The van der Waals surface area contributed by atoms with E-state index in [-0.39, 0.29) is 11.3 Å². The number of hydrogen-bond donors (Lipinski definition) is 2. The zero-order valence-corrected chi connectivity index (χ0v) is 18.0. The molecule has 6 nitrogen and oxygen atoms in total. The summed E-state index contributed by atoms with van der Waals surface area (Å²) in [6, 6.07) is 8.17. The maximum absolute atomic E-state index is 12.0. The molecule has 2 fully saturated rings. The summed E-state index contributed by atoms with van der Waals surface area (Å²) in [5.41, 5.74) is 1.01. The molecule has 0 aromatic heterocycles. The van der Waals surface area contributed by atoms with Gasteiger partial charge >= 0.3 is 0 Å². The zero-order valence-electron chi connectivity index (χ0n) is 18.0. The number of nitrogens with one attached hydrogen (secondary N) is 1. The molecule has 2 N–H and O–H groups in total. The number of carbonyl (C=O) groups excluding carboxylic acids is 1. The molecule has 162 valence electrons. The van der Waals surface area contributed by atoms with E-state index in [2.05, 4.69) is 34.2 Å². The van der Waals surface area contributed by atoms with Crippen LogP contribution in [0, 0.1) is 5.41 Å². The fourth-order valence-corrected chi connectivity index (χ4v) is 4.37. The number of carbonyl (C=O) groups is 1. The van der Waals surface area contributed by atoms with Gasteiger partial charge in [0.15, 0.2) is 0 Å². The Kier molecular flexibility index (Phi) is 7.92. The van der Waals surface area contributed by atoms with E-state index in [4.69, 9.17) is 4.74 Å². The van der Waals surface area contributed by atoms with Crippen LogP contribution in [0.15, 0.2) is 24.3 Å². The molecule has 0 bridgehead atoms. The standard InChI is InChI=1S/C23H37N3O3/c1-23(22(28)24-2)10-14-26(15-11-23)16-19-6-8-21(9-7-19)29-18-20(27)17-25-12-4-3-5-13-25/h6-9,20,27H,3-5,10-18H2,1-2H3,(H,24,28)/t20-/m0/s1. The van der Waals surface area contributed by atoms with Crippen molar-refractivity contribution in [1.29, 1.82) is 0 Å². The maximum atomic E-state index is 12.0. The monoisotopic (exact) mass is 403 g/mol. The topological polar surface area (TPSA) is 65.0 Å². The summed E-state index contributed by atoms with van der Waals surface area (Å²) in [7, 11) is 1.72. The summed E-state index contributed by atoms with van der Waals surface area (Å²) in [6.45, 7) is 8.03. The number of aliphatic hydroxyl groups is 1. The molecule has 1 aromatic rings. The average molecular weight is 404 g/mol. The first kappa shape index (κ1) is 22.1. The van der Waals surface area contributed by atoms with Crippen LogP contribution in [0.3, 0.4) is 0 Å². The summed E-state index contributed by atoms with van der Waals surface area (Å²) in [5.74, 6) is 0.957. The Morgan fingerprint density at radius 1 is 1.10 bits per heavy atom. The third kappa shape index (κ3) is 6.43. The highest BCUT2D eigenvalue weighted by atomic mass is 16.5. The predicted molar refractivity (Wildman–Crippen MR) is 115 cm³/mol. The first-order valence-corrected chi connectivity index (χ1v) is 11.1. The lowest BCUT2D eigenvalue weighted by Gasteiger charge is -2.38. The molecule has 0 radical (unpaired) electrons. The molecule has 0 aliphatic carbocycles. The SMILES string of the molecule is CNC(=O)C1(C)CCN(Cc2ccc(OC[C@@H](O)CN3CCCCC3)cc2)CC1. The third-order valence-corrected chi connectivity index (χ3v) is 6.42. The number of benzene rings is 1. The number of piperidine rings is 2. The van der Waals surface area contributed by atoms with Gasteiger partial charge in [0.2, 0.25) is 5.91 Å². The zero-order chi connectivity index (χ0) is 20.7. The summed E-state index contributed by atoms with van der Waals surface area (Å²) in [6.07, 6.45) is 5.11. The van der Waals surface area contributed by atoms with Crippen LogP contribution in [0.25, 0.3) is 0 Å². The summed E-state index contributed by atoms with van der Waals surface area (Å²) < 4.78 is 5.79. The molecular formula is C23H37N3O3. The smallest absolute Gasteiger partial charge is 0.225 e. The number of hydrogen-bond acceptors (Lipinski definition) is 5. The number of aliphatic hydroxyl groups excluding tert-OH is 1. The van der Waals surface area contributed by atoms with E-state index in [0.717, 1.165) is 51.3 Å². The average Bonchev–Trinajstić information content (AvgIpc) is 2.75. The van der Waals surface area contributed by atoms with Gasteiger partial charge in [-0.05, 0) is 69.6 Å². The van der Waals surface area contributed by atoms with E-state index in [1.807, 2.05) is 12.1 Å². The molecule has 1 amide bonds. The Balaban J connectivity index is 1.39. The fourth-order valence-electron chi connectivity index (χ4n) is 4.37. The fraction of sp³-hybridized carbons (Fsp3) is 0.696. The molecule has 1 aromatic carbocycles. The summed E-state index contributed by atoms with van der Waals surface area (Å²) in [4.78, 5) is 16.8. The van der Waals surface area contributed by atoms with E-state index in [1.165, 1.54) is 24.8 Å². The van der Waals surface area contributed by atoms with Gasteiger partial charge in [-0.3, -0.25) is 9.69 Å². The van der Waals surface area contributed by atoms with Crippen LogP contribution in [0.2, 0.25) is 0 Å². The van der Waals surface area contributed by atoms with Crippen LogP contribution in [0.5, 0.6) is 5.75 Å². The lowest BCUT2D eigenvalue weighted by molar-refractivity contribution is -0.132. The van der Waals surface area contributed by atoms with Crippen molar-refractivity contribution < 1.29 is 14.6 Å². The molecule has 29 heavy (non-hydrogen) atoms. The second-order valence-electron chi connectivity index (χ2n) is 8.89. The number of likely N-dealkylation sites (tertiary alicyclic amines) is 2. The quantitative estimate of drug-likeness (QED) is 0.697. The van der Waals surface area contributed by atoms with Crippen molar-refractivity contribution in [2.45, 2.75) is 51.7 Å². The van der Waals surface area contributed by atoms with Crippen LogP contribution >= 0.6 is 0 Å². The van der Waals surface area contributed by atoms with Gasteiger partial charge in [-0.2, -0.15) is 0 Å². The summed E-state index contributed by atoms with van der Waals surface area (Å²) >= 11 is 0. The predicted octanol–water partition coefficient (Wildman–Crippen LogP) is 2.26. The van der Waals surface area contributed by atoms with Gasteiger partial charge in [0, 0.05) is 25.6 Å². The third-order valence-electron chi connectivity index (χ3n) is 6.42. The van der Waals surface area contributed by atoms with Gasteiger partial charge in [0.25, 0.3) is 0 Å². The Hall–Kier alpha value is -1.63. The minimum Gasteiger partial charge on any atom is -0.491 e. The first-order valence-electron chi connectivity index (χ1n) is 11.1. The molecule has 0 saturated carbocycles. The van der Waals surface area contributed by atoms with Crippen molar-refractivity contribution in [2.24, 2.45) is 5.41 Å². The van der Waals surface area contributed by atoms with Crippen molar-refractivity contribution in [3.05, 3.63) is 29.8 Å². The molecule has 2 heterocycles. The van der Waals surface area contributed by atoms with Crippen molar-refractivity contribution in [1.82, 2.24) is 15.1 Å². The van der Waals surface area contributed by atoms with Gasteiger partial charge in [-0.15, -0.1) is 0 Å². The number of rotatable bonds is 8. The van der Waals surface area contributed by atoms with Crippen molar-refractivity contribution in [2.75, 3.05) is 46.4 Å². The molecule has 3 rings (SSSR count). The lowest BCUT2D eigenvalue weighted by atomic mass is 9.79. The van der Waals surface area contributed by atoms with E-state index in [9.17, 15) is 9.90 Å². The number of ether oxygens (including phenoxy) is 1. The summed E-state index contributed by atoms with van der Waals surface area (Å²) in [5, 5.41) is 13.0. The molecule has 2 saturated heterocycles. The molecule has 2 aliphatic rings. The number of amides is 1. The minimum absolute atomic E-state index is 0.154. The van der Waals surface area contributed by atoms with Crippen LogP contribution in [0.4, 0.5) is 0 Å². The van der Waals surface area contributed by atoms with Gasteiger partial charge in [0.1, 0.15) is 18.5 Å². The van der Waals surface area contributed by atoms with Crippen LogP contribution in [-0.2, 0) is 11.3 Å². The molecule has 1 atom stereocenters. The van der Waals surface area contributed by atoms with E-state index in [0.29, 0.717) is 13.2 Å². The maximum Gasteiger partial charge on any atom is 0.225 e. The molecule has 0 unspecified atom stereocenters. The first-order chi connectivity index (χ1) is 14.0. The van der Waals surface area contributed by atoms with Gasteiger partial charge in [0.05, 0.1) is 0 Å². The van der Waals surface area contributed by atoms with Crippen molar-refractivity contribution in [3.8, 4) is 5.75 Å². The van der Waals surface area contributed by atoms with Gasteiger partial charge < -0.3 is 20.1 Å². The Morgan fingerprint density at radius 2 is 1.76 bits per heavy atom. The Labute approximate surface area is 175 Å². The van der Waals surface area contributed by atoms with E-state index < -0.39 is 6.10 Å². The van der Waals surface area contributed by atoms with E-state index in [1.54, 1.807) is 7.05 Å². The van der Waals surface area contributed by atoms with Crippen molar-refractivity contribution in [3.63, 3.8) is 0 Å². The van der Waals surface area contributed by atoms with Crippen molar-refractivity contribution >= 4 is 5.91 Å². The van der Waals surface area contributed by atoms with Crippen LogP contribution in [-0.4, -0.2) is 73.3 Å². The minimum atomic E-state index is -0.448. The largest absolute Gasteiger partial charge is 0.491 e.